The maximum Gasteiger partial charge on any atom is 0.335 e. The Morgan fingerprint density at radius 1 is 1.29 bits per heavy atom. The highest BCUT2D eigenvalue weighted by atomic mass is 16.4. The van der Waals surface area contributed by atoms with Crippen molar-refractivity contribution in [1.29, 1.82) is 0 Å². The molecule has 3 nitrogen and oxygen atoms in total. The van der Waals surface area contributed by atoms with Crippen molar-refractivity contribution in [2.24, 2.45) is 5.92 Å². The first-order valence-electron chi connectivity index (χ1n) is 6.21. The Morgan fingerprint density at radius 3 is 2.41 bits per heavy atom. The van der Waals surface area contributed by atoms with Crippen molar-refractivity contribution in [3.05, 3.63) is 29.8 Å². The van der Waals surface area contributed by atoms with Crippen LogP contribution >= 0.6 is 0 Å². The average molecular weight is 233 g/mol. The lowest BCUT2D eigenvalue weighted by Crippen LogP contribution is -2.23. The van der Waals surface area contributed by atoms with Crippen molar-refractivity contribution in [3.63, 3.8) is 0 Å². The first kappa shape index (κ1) is 12.0. The van der Waals surface area contributed by atoms with E-state index in [1.807, 2.05) is 12.1 Å². The summed E-state index contributed by atoms with van der Waals surface area (Å²) in [6.45, 7) is 1.08. The Hall–Kier alpha value is -1.51. The zero-order valence-corrected chi connectivity index (χ0v) is 10.2. The summed E-state index contributed by atoms with van der Waals surface area (Å²) in [5.74, 6) is -0.0610. The van der Waals surface area contributed by atoms with E-state index in [9.17, 15) is 4.79 Å². The molecule has 3 heteroatoms. The molecule has 1 saturated carbocycles. The standard InChI is InChI=1S/C14H19NO2/c1-15(10-11-4-2-3-5-11)13-8-6-12(7-9-13)14(16)17/h6-9,11H,2-5,10H2,1H3,(H,16,17). The normalized spacial score (nSPS) is 16.1. The second-order valence-corrected chi connectivity index (χ2v) is 4.88. The molecular weight excluding hydrogens is 214 g/mol. The number of aromatic carboxylic acids is 1. The zero-order valence-electron chi connectivity index (χ0n) is 10.2. The first-order chi connectivity index (χ1) is 8.16. The monoisotopic (exact) mass is 233 g/mol. The minimum atomic E-state index is -0.866. The highest BCUT2D eigenvalue weighted by Crippen LogP contribution is 2.26. The molecule has 1 fully saturated rings. The fraction of sp³-hybridized carbons (Fsp3) is 0.500. The average Bonchev–Trinajstić information content (AvgIpc) is 2.82. The number of nitrogens with zero attached hydrogens (tertiary/aromatic N) is 1. The van der Waals surface area contributed by atoms with Crippen molar-refractivity contribution in [2.75, 3.05) is 18.5 Å². The number of carboxylic acid groups (broad SMARTS) is 1. The summed E-state index contributed by atoms with van der Waals surface area (Å²) in [6, 6.07) is 7.11. The van der Waals surface area contributed by atoms with Crippen molar-refractivity contribution in [1.82, 2.24) is 0 Å². The van der Waals surface area contributed by atoms with E-state index >= 15 is 0 Å². The first-order valence-corrected chi connectivity index (χ1v) is 6.21. The van der Waals surface area contributed by atoms with Gasteiger partial charge in [0.25, 0.3) is 0 Å². The van der Waals surface area contributed by atoms with Gasteiger partial charge in [0.15, 0.2) is 0 Å². The van der Waals surface area contributed by atoms with Gasteiger partial charge in [0.1, 0.15) is 0 Å². The second-order valence-electron chi connectivity index (χ2n) is 4.88. The summed E-state index contributed by atoms with van der Waals surface area (Å²) in [4.78, 5) is 13.0. The van der Waals surface area contributed by atoms with Gasteiger partial charge in [-0.15, -0.1) is 0 Å². The Balaban J connectivity index is 1.98. The number of rotatable bonds is 4. The molecule has 1 N–H and O–H groups in total. The molecule has 0 saturated heterocycles. The lowest BCUT2D eigenvalue weighted by molar-refractivity contribution is 0.0697. The summed E-state index contributed by atoms with van der Waals surface area (Å²) >= 11 is 0. The summed E-state index contributed by atoms with van der Waals surface area (Å²) < 4.78 is 0. The molecule has 0 atom stereocenters. The molecule has 0 amide bonds. The molecule has 0 unspecified atom stereocenters. The molecule has 0 bridgehead atoms. The van der Waals surface area contributed by atoms with E-state index in [1.54, 1.807) is 12.1 Å². The smallest absolute Gasteiger partial charge is 0.335 e. The van der Waals surface area contributed by atoms with Gasteiger partial charge < -0.3 is 10.0 Å². The van der Waals surface area contributed by atoms with Crippen LogP contribution in [0.15, 0.2) is 24.3 Å². The van der Waals surface area contributed by atoms with Gasteiger partial charge in [0, 0.05) is 19.3 Å². The number of hydrogen-bond donors (Lipinski definition) is 1. The van der Waals surface area contributed by atoms with Crippen LogP contribution in [0.2, 0.25) is 0 Å². The summed E-state index contributed by atoms with van der Waals surface area (Å²) in [5.41, 5.74) is 1.45. The predicted octanol–water partition coefficient (Wildman–Crippen LogP) is 3.01. The third-order valence-electron chi connectivity index (χ3n) is 3.56. The van der Waals surface area contributed by atoms with E-state index in [2.05, 4.69) is 11.9 Å². The number of benzene rings is 1. The van der Waals surface area contributed by atoms with Crippen LogP contribution in [-0.4, -0.2) is 24.7 Å². The van der Waals surface area contributed by atoms with Crippen LogP contribution < -0.4 is 4.90 Å². The van der Waals surface area contributed by atoms with Crippen LogP contribution in [0.1, 0.15) is 36.0 Å². The third-order valence-corrected chi connectivity index (χ3v) is 3.56. The fourth-order valence-corrected chi connectivity index (χ4v) is 2.54. The maximum atomic E-state index is 10.7. The minimum Gasteiger partial charge on any atom is -0.478 e. The number of hydrogen-bond acceptors (Lipinski definition) is 2. The zero-order chi connectivity index (χ0) is 12.3. The summed E-state index contributed by atoms with van der Waals surface area (Å²) in [6.07, 6.45) is 5.38. The molecular formula is C14H19NO2. The van der Waals surface area contributed by atoms with E-state index in [0.29, 0.717) is 5.56 Å². The molecule has 0 aromatic heterocycles. The van der Waals surface area contributed by atoms with Gasteiger partial charge in [0.2, 0.25) is 0 Å². The van der Waals surface area contributed by atoms with Crippen molar-refractivity contribution in [3.8, 4) is 0 Å². The van der Waals surface area contributed by atoms with E-state index in [-0.39, 0.29) is 0 Å². The van der Waals surface area contributed by atoms with Crippen LogP contribution in [0.3, 0.4) is 0 Å². The van der Waals surface area contributed by atoms with E-state index in [1.165, 1.54) is 25.7 Å². The fourth-order valence-electron chi connectivity index (χ4n) is 2.54. The Morgan fingerprint density at radius 2 is 1.88 bits per heavy atom. The molecule has 2 rings (SSSR count). The van der Waals surface area contributed by atoms with Gasteiger partial charge in [-0.1, -0.05) is 12.8 Å². The molecule has 92 valence electrons. The summed E-state index contributed by atoms with van der Waals surface area (Å²) in [5, 5.41) is 8.83. The van der Waals surface area contributed by atoms with Gasteiger partial charge in [-0.05, 0) is 43.0 Å². The Kier molecular flexibility index (Phi) is 3.67. The topological polar surface area (TPSA) is 40.5 Å². The molecule has 17 heavy (non-hydrogen) atoms. The van der Waals surface area contributed by atoms with Crippen LogP contribution in [0.5, 0.6) is 0 Å². The van der Waals surface area contributed by atoms with Crippen molar-refractivity contribution < 1.29 is 9.90 Å². The van der Waals surface area contributed by atoms with Crippen LogP contribution in [0.25, 0.3) is 0 Å². The van der Waals surface area contributed by atoms with Crippen molar-refractivity contribution in [2.45, 2.75) is 25.7 Å². The lowest BCUT2D eigenvalue weighted by atomic mass is 10.1. The molecule has 0 radical (unpaired) electrons. The Labute approximate surface area is 102 Å². The minimum absolute atomic E-state index is 0.350. The van der Waals surface area contributed by atoms with Gasteiger partial charge in [0.05, 0.1) is 5.56 Å². The maximum absolute atomic E-state index is 10.7. The molecule has 1 aliphatic rings. The molecule has 0 heterocycles. The number of carbonyl (C=O) groups is 1. The van der Waals surface area contributed by atoms with E-state index < -0.39 is 5.97 Å². The van der Waals surface area contributed by atoms with Crippen LogP contribution in [0, 0.1) is 5.92 Å². The quantitative estimate of drug-likeness (QED) is 0.869. The molecule has 0 spiro atoms. The number of anilines is 1. The molecule has 1 aromatic rings. The highest BCUT2D eigenvalue weighted by Gasteiger charge is 2.17. The van der Waals surface area contributed by atoms with Crippen molar-refractivity contribution >= 4 is 11.7 Å². The third kappa shape index (κ3) is 2.99. The second kappa shape index (κ2) is 5.21. The number of carboxylic acids is 1. The lowest BCUT2D eigenvalue weighted by Gasteiger charge is -2.23. The highest BCUT2D eigenvalue weighted by molar-refractivity contribution is 5.88. The predicted molar refractivity (Wildman–Crippen MR) is 68.6 cm³/mol. The van der Waals surface area contributed by atoms with Gasteiger partial charge in [-0.2, -0.15) is 0 Å². The largest absolute Gasteiger partial charge is 0.478 e. The molecule has 1 aliphatic carbocycles. The van der Waals surface area contributed by atoms with Gasteiger partial charge >= 0.3 is 5.97 Å². The molecule has 0 aliphatic heterocycles. The van der Waals surface area contributed by atoms with Crippen LogP contribution in [0.4, 0.5) is 5.69 Å². The van der Waals surface area contributed by atoms with E-state index in [0.717, 1.165) is 18.2 Å². The van der Waals surface area contributed by atoms with Gasteiger partial charge in [-0.3, -0.25) is 0 Å². The summed E-state index contributed by atoms with van der Waals surface area (Å²) in [7, 11) is 2.08. The van der Waals surface area contributed by atoms with Gasteiger partial charge in [-0.25, -0.2) is 4.79 Å². The van der Waals surface area contributed by atoms with E-state index in [4.69, 9.17) is 5.11 Å². The van der Waals surface area contributed by atoms with Crippen LogP contribution in [-0.2, 0) is 0 Å². The Bertz CT molecular complexity index is 380. The SMILES string of the molecule is CN(CC1CCCC1)c1ccc(C(=O)O)cc1. The molecule has 1 aromatic carbocycles.